The van der Waals surface area contributed by atoms with Crippen LogP contribution in [0.3, 0.4) is 0 Å². The van der Waals surface area contributed by atoms with Crippen molar-refractivity contribution in [3.63, 3.8) is 0 Å². The summed E-state index contributed by atoms with van der Waals surface area (Å²) in [5.74, 6) is 0.786. The van der Waals surface area contributed by atoms with Crippen LogP contribution in [0.2, 0.25) is 0 Å². The van der Waals surface area contributed by atoms with Crippen molar-refractivity contribution < 1.29 is 4.79 Å². The summed E-state index contributed by atoms with van der Waals surface area (Å²) in [7, 11) is 0. The fourth-order valence-electron chi connectivity index (χ4n) is 1.28. The maximum atomic E-state index is 11.2. The minimum absolute atomic E-state index is 0.105. The van der Waals surface area contributed by atoms with E-state index in [1.165, 1.54) is 17.3 Å². The molecule has 1 nitrogen and oxygen atoms in total. The van der Waals surface area contributed by atoms with Gasteiger partial charge in [-0.25, -0.2) is 0 Å². The molecule has 0 aromatic heterocycles. The van der Waals surface area contributed by atoms with Gasteiger partial charge in [0, 0.05) is 11.3 Å². The van der Waals surface area contributed by atoms with E-state index in [-0.39, 0.29) is 5.12 Å². The number of carbonyl (C=O) groups excluding carboxylic acids is 1. The molecule has 0 radical (unpaired) electrons. The Kier molecular flexibility index (Phi) is 1.77. The van der Waals surface area contributed by atoms with Crippen molar-refractivity contribution in [1.82, 2.24) is 0 Å². The van der Waals surface area contributed by atoms with Crippen molar-refractivity contribution in [3.8, 4) is 0 Å². The van der Waals surface area contributed by atoms with Gasteiger partial charge in [-0.1, -0.05) is 42.6 Å². The van der Waals surface area contributed by atoms with E-state index in [0.29, 0.717) is 5.57 Å². The van der Waals surface area contributed by atoms with Crippen molar-refractivity contribution in [2.45, 2.75) is 5.75 Å². The lowest BCUT2D eigenvalue weighted by Gasteiger charge is -2.15. The maximum Gasteiger partial charge on any atom is 0.219 e. The van der Waals surface area contributed by atoms with Crippen LogP contribution in [0.1, 0.15) is 11.1 Å². The molecular formula is C10H8OS. The van der Waals surface area contributed by atoms with E-state index < -0.39 is 0 Å². The van der Waals surface area contributed by atoms with E-state index in [2.05, 4.69) is 6.58 Å². The molecule has 0 spiro atoms. The number of fused-ring (bicyclic) bond motifs is 1. The molecule has 0 bridgehead atoms. The van der Waals surface area contributed by atoms with E-state index in [9.17, 15) is 4.79 Å². The Morgan fingerprint density at radius 2 is 2.08 bits per heavy atom. The van der Waals surface area contributed by atoms with E-state index >= 15 is 0 Å². The van der Waals surface area contributed by atoms with Gasteiger partial charge in [0.1, 0.15) is 0 Å². The van der Waals surface area contributed by atoms with Gasteiger partial charge in [-0.05, 0) is 11.1 Å². The largest absolute Gasteiger partial charge is 0.282 e. The second-order valence-electron chi connectivity index (χ2n) is 2.71. The zero-order valence-electron chi connectivity index (χ0n) is 6.54. The Balaban J connectivity index is 2.56. The van der Waals surface area contributed by atoms with Crippen LogP contribution in [0.15, 0.2) is 30.8 Å². The molecular weight excluding hydrogens is 168 g/mol. The standard InChI is InChI=1S/C10H8OS/c1-7-9-5-3-2-4-8(9)6-12-10(7)11/h2-5H,1,6H2. The van der Waals surface area contributed by atoms with Gasteiger partial charge in [0.25, 0.3) is 0 Å². The third kappa shape index (κ3) is 1.08. The highest BCUT2D eigenvalue weighted by molar-refractivity contribution is 8.14. The molecule has 2 rings (SSSR count). The Hall–Kier alpha value is -1.02. The van der Waals surface area contributed by atoms with Crippen LogP contribution in [-0.2, 0) is 10.5 Å². The molecule has 0 N–H and O–H groups in total. The molecule has 0 saturated heterocycles. The van der Waals surface area contributed by atoms with Gasteiger partial charge in [0.2, 0.25) is 5.12 Å². The fourth-order valence-corrected chi connectivity index (χ4v) is 2.10. The normalized spacial score (nSPS) is 16.0. The summed E-state index contributed by atoms with van der Waals surface area (Å²) in [5.41, 5.74) is 2.87. The first-order valence-corrected chi connectivity index (χ1v) is 4.72. The first-order chi connectivity index (χ1) is 5.79. The predicted octanol–water partition coefficient (Wildman–Crippen LogP) is 2.47. The minimum atomic E-state index is 0.105. The summed E-state index contributed by atoms with van der Waals surface area (Å²) in [5, 5.41) is 0.105. The number of benzene rings is 1. The second-order valence-corrected chi connectivity index (χ2v) is 3.66. The molecule has 0 amide bonds. The minimum Gasteiger partial charge on any atom is -0.282 e. The van der Waals surface area contributed by atoms with E-state index in [1.54, 1.807) is 0 Å². The lowest BCUT2D eigenvalue weighted by Crippen LogP contribution is -2.05. The molecule has 12 heavy (non-hydrogen) atoms. The second kappa shape index (κ2) is 2.79. The molecule has 1 aromatic rings. The van der Waals surface area contributed by atoms with Crippen LogP contribution < -0.4 is 0 Å². The molecule has 1 heterocycles. The van der Waals surface area contributed by atoms with Crippen LogP contribution >= 0.6 is 11.8 Å². The lowest BCUT2D eigenvalue weighted by atomic mass is 10.0. The zero-order valence-corrected chi connectivity index (χ0v) is 7.36. The fraction of sp³-hybridized carbons (Fsp3) is 0.100. The summed E-state index contributed by atoms with van der Waals surface area (Å²) in [6.45, 7) is 3.77. The number of rotatable bonds is 0. The summed E-state index contributed by atoms with van der Waals surface area (Å²) in [4.78, 5) is 11.2. The molecule has 0 atom stereocenters. The number of hydrogen-bond donors (Lipinski definition) is 0. The Morgan fingerprint density at radius 1 is 1.33 bits per heavy atom. The van der Waals surface area contributed by atoms with Gasteiger partial charge < -0.3 is 0 Å². The maximum absolute atomic E-state index is 11.2. The van der Waals surface area contributed by atoms with Gasteiger partial charge >= 0.3 is 0 Å². The molecule has 0 aliphatic carbocycles. The van der Waals surface area contributed by atoms with Crippen molar-refractivity contribution in [3.05, 3.63) is 42.0 Å². The Morgan fingerprint density at radius 3 is 2.92 bits per heavy atom. The van der Waals surface area contributed by atoms with Crippen molar-refractivity contribution in [2.75, 3.05) is 0 Å². The highest BCUT2D eigenvalue weighted by Crippen LogP contribution is 2.32. The summed E-state index contributed by atoms with van der Waals surface area (Å²) in [6.07, 6.45) is 0. The lowest BCUT2D eigenvalue weighted by molar-refractivity contribution is -0.106. The first kappa shape index (κ1) is 7.62. The molecule has 60 valence electrons. The van der Waals surface area contributed by atoms with Crippen LogP contribution in [0, 0.1) is 0 Å². The van der Waals surface area contributed by atoms with E-state index in [0.717, 1.165) is 11.3 Å². The first-order valence-electron chi connectivity index (χ1n) is 3.73. The number of carbonyl (C=O) groups is 1. The molecule has 0 unspecified atom stereocenters. The van der Waals surface area contributed by atoms with Crippen LogP contribution in [0.25, 0.3) is 5.57 Å². The smallest absolute Gasteiger partial charge is 0.219 e. The topological polar surface area (TPSA) is 17.1 Å². The highest BCUT2D eigenvalue weighted by atomic mass is 32.2. The third-order valence-corrected chi connectivity index (χ3v) is 2.91. The zero-order chi connectivity index (χ0) is 8.55. The van der Waals surface area contributed by atoms with Crippen LogP contribution in [-0.4, -0.2) is 5.12 Å². The highest BCUT2D eigenvalue weighted by Gasteiger charge is 2.18. The Bertz CT molecular complexity index is 355. The van der Waals surface area contributed by atoms with E-state index in [1.807, 2.05) is 24.3 Å². The number of thioether (sulfide) groups is 1. The van der Waals surface area contributed by atoms with Gasteiger partial charge in [-0.2, -0.15) is 0 Å². The average Bonchev–Trinajstić information content (AvgIpc) is 2.12. The van der Waals surface area contributed by atoms with Crippen LogP contribution in [0.4, 0.5) is 0 Å². The SMILES string of the molecule is C=C1C(=O)SCc2ccccc21. The van der Waals surface area contributed by atoms with Gasteiger partial charge in [-0.15, -0.1) is 0 Å². The molecule has 1 aliphatic rings. The summed E-state index contributed by atoms with van der Waals surface area (Å²) >= 11 is 1.33. The monoisotopic (exact) mass is 176 g/mol. The van der Waals surface area contributed by atoms with Gasteiger partial charge in [-0.3, -0.25) is 4.79 Å². The molecule has 0 fully saturated rings. The average molecular weight is 176 g/mol. The van der Waals surface area contributed by atoms with Crippen LogP contribution in [0.5, 0.6) is 0 Å². The van der Waals surface area contributed by atoms with Gasteiger partial charge in [0.15, 0.2) is 0 Å². The summed E-state index contributed by atoms with van der Waals surface area (Å²) in [6, 6.07) is 7.92. The van der Waals surface area contributed by atoms with Crippen molar-refractivity contribution in [2.24, 2.45) is 0 Å². The van der Waals surface area contributed by atoms with Crippen molar-refractivity contribution >= 4 is 22.5 Å². The summed E-state index contributed by atoms with van der Waals surface area (Å²) < 4.78 is 0. The Labute approximate surface area is 75.5 Å². The molecule has 2 heteroatoms. The predicted molar refractivity (Wildman–Crippen MR) is 51.8 cm³/mol. The van der Waals surface area contributed by atoms with Gasteiger partial charge in [0.05, 0.1) is 0 Å². The molecule has 0 saturated carbocycles. The van der Waals surface area contributed by atoms with E-state index in [4.69, 9.17) is 0 Å². The quantitative estimate of drug-likeness (QED) is 0.565. The number of hydrogen-bond acceptors (Lipinski definition) is 2. The van der Waals surface area contributed by atoms with Crippen molar-refractivity contribution in [1.29, 1.82) is 0 Å². The molecule has 1 aliphatic heterocycles. The molecule has 1 aromatic carbocycles. The third-order valence-electron chi connectivity index (χ3n) is 1.95.